The first-order valence-corrected chi connectivity index (χ1v) is 4.95. The molecule has 0 saturated heterocycles. The summed E-state index contributed by atoms with van der Waals surface area (Å²) < 4.78 is 2.17. The molecule has 0 radical (unpaired) electrons. The molecule has 1 heterocycles. The quantitative estimate of drug-likeness (QED) is 0.753. The van der Waals surface area contributed by atoms with Crippen molar-refractivity contribution in [2.24, 2.45) is 11.7 Å². The van der Waals surface area contributed by atoms with Gasteiger partial charge in [-0.25, -0.2) is 4.98 Å². The summed E-state index contributed by atoms with van der Waals surface area (Å²) in [7, 11) is 0. The van der Waals surface area contributed by atoms with Crippen molar-refractivity contribution < 1.29 is 0 Å². The van der Waals surface area contributed by atoms with Crippen LogP contribution >= 0.6 is 0 Å². The van der Waals surface area contributed by atoms with Crippen LogP contribution in [0.15, 0.2) is 18.7 Å². The molecule has 1 aromatic rings. The number of hydrogen-bond acceptors (Lipinski definition) is 2. The van der Waals surface area contributed by atoms with Crippen molar-refractivity contribution >= 4 is 0 Å². The highest BCUT2D eigenvalue weighted by Crippen LogP contribution is 2.19. The van der Waals surface area contributed by atoms with Crippen LogP contribution < -0.4 is 5.73 Å². The van der Waals surface area contributed by atoms with Gasteiger partial charge in [-0.15, -0.1) is 0 Å². The molecule has 3 heteroatoms. The Labute approximate surface area is 80.0 Å². The average Bonchev–Trinajstić information content (AvgIpc) is 2.66. The van der Waals surface area contributed by atoms with Gasteiger partial charge in [0.25, 0.3) is 0 Å². The predicted octanol–water partition coefficient (Wildman–Crippen LogP) is 1.82. The molecule has 0 aliphatic rings. The van der Waals surface area contributed by atoms with Crippen LogP contribution in [0, 0.1) is 5.92 Å². The molecule has 0 saturated carbocycles. The molecule has 74 valence electrons. The van der Waals surface area contributed by atoms with Gasteiger partial charge in [0.2, 0.25) is 0 Å². The second-order valence-corrected chi connectivity index (χ2v) is 3.65. The maximum absolute atomic E-state index is 5.60. The molecule has 0 aliphatic carbocycles. The van der Waals surface area contributed by atoms with Crippen LogP contribution in [0.4, 0.5) is 0 Å². The van der Waals surface area contributed by atoms with Crippen molar-refractivity contribution in [2.45, 2.75) is 32.7 Å². The second kappa shape index (κ2) is 5.02. The van der Waals surface area contributed by atoms with Crippen LogP contribution in [0.5, 0.6) is 0 Å². The maximum Gasteiger partial charge on any atom is 0.0948 e. The van der Waals surface area contributed by atoms with E-state index in [0.29, 0.717) is 12.0 Å². The summed E-state index contributed by atoms with van der Waals surface area (Å²) in [5, 5.41) is 0. The fourth-order valence-electron chi connectivity index (χ4n) is 1.55. The maximum atomic E-state index is 5.60. The molecule has 0 fully saturated rings. The summed E-state index contributed by atoms with van der Waals surface area (Å²) in [5.74, 6) is 0.590. The average molecular weight is 181 g/mol. The number of imidazole rings is 1. The number of rotatable bonds is 5. The fourth-order valence-corrected chi connectivity index (χ4v) is 1.55. The summed E-state index contributed by atoms with van der Waals surface area (Å²) in [6.45, 7) is 5.17. The van der Waals surface area contributed by atoms with Crippen LogP contribution in [0.3, 0.4) is 0 Å². The van der Waals surface area contributed by atoms with Crippen LogP contribution in [-0.2, 0) is 0 Å². The van der Waals surface area contributed by atoms with E-state index in [1.807, 2.05) is 18.7 Å². The molecular weight excluding hydrogens is 162 g/mol. The van der Waals surface area contributed by atoms with Gasteiger partial charge in [-0.2, -0.15) is 0 Å². The summed E-state index contributed by atoms with van der Waals surface area (Å²) in [5.41, 5.74) is 5.60. The lowest BCUT2D eigenvalue weighted by Crippen LogP contribution is -2.16. The topological polar surface area (TPSA) is 43.8 Å². The van der Waals surface area contributed by atoms with Crippen molar-refractivity contribution in [3.8, 4) is 0 Å². The molecule has 2 N–H and O–H groups in total. The molecule has 0 bridgehead atoms. The first-order valence-electron chi connectivity index (χ1n) is 4.95. The molecule has 2 atom stereocenters. The summed E-state index contributed by atoms with van der Waals surface area (Å²) in [6, 6.07) is 0.557. The van der Waals surface area contributed by atoms with Crippen LogP contribution in [0.1, 0.15) is 32.7 Å². The summed E-state index contributed by atoms with van der Waals surface area (Å²) in [6.07, 6.45) is 8.02. The molecular formula is C10H19N3. The summed E-state index contributed by atoms with van der Waals surface area (Å²) >= 11 is 0. The van der Waals surface area contributed by atoms with Crippen LogP contribution in [-0.4, -0.2) is 16.1 Å². The lowest BCUT2D eigenvalue weighted by molar-refractivity contribution is 0.378. The van der Waals surface area contributed by atoms with Gasteiger partial charge in [-0.3, -0.25) is 0 Å². The Hall–Kier alpha value is -0.830. The highest BCUT2D eigenvalue weighted by molar-refractivity contribution is 4.80. The standard InChI is InChI=1S/C10H19N3/c1-3-10(6-9(2)7-11)13-5-4-12-8-13/h4-5,8-10H,3,6-7,11H2,1-2H3. The van der Waals surface area contributed by atoms with Crippen molar-refractivity contribution in [2.75, 3.05) is 6.54 Å². The Morgan fingerprint density at radius 2 is 2.31 bits per heavy atom. The first-order chi connectivity index (χ1) is 6.27. The SMILES string of the molecule is CCC(CC(C)CN)n1ccnc1. The third-order valence-electron chi connectivity index (χ3n) is 2.49. The van der Waals surface area contributed by atoms with E-state index in [9.17, 15) is 0 Å². The number of aromatic nitrogens is 2. The number of nitrogens with two attached hydrogens (primary N) is 1. The minimum absolute atomic E-state index is 0.557. The van der Waals surface area contributed by atoms with Gasteiger partial charge in [0, 0.05) is 18.4 Å². The van der Waals surface area contributed by atoms with E-state index in [1.54, 1.807) is 0 Å². The van der Waals surface area contributed by atoms with Crippen molar-refractivity contribution in [1.29, 1.82) is 0 Å². The van der Waals surface area contributed by atoms with Crippen molar-refractivity contribution in [3.05, 3.63) is 18.7 Å². The van der Waals surface area contributed by atoms with Gasteiger partial charge >= 0.3 is 0 Å². The van der Waals surface area contributed by atoms with E-state index in [1.165, 1.54) is 0 Å². The normalized spacial score (nSPS) is 15.6. The Morgan fingerprint density at radius 3 is 2.77 bits per heavy atom. The fraction of sp³-hybridized carbons (Fsp3) is 0.700. The molecule has 13 heavy (non-hydrogen) atoms. The van der Waals surface area contributed by atoms with E-state index < -0.39 is 0 Å². The molecule has 0 aromatic carbocycles. The Balaban J connectivity index is 2.53. The third kappa shape index (κ3) is 2.84. The van der Waals surface area contributed by atoms with E-state index in [0.717, 1.165) is 19.4 Å². The minimum Gasteiger partial charge on any atom is -0.334 e. The van der Waals surface area contributed by atoms with Crippen molar-refractivity contribution in [1.82, 2.24) is 9.55 Å². The monoisotopic (exact) mass is 181 g/mol. The van der Waals surface area contributed by atoms with Gasteiger partial charge < -0.3 is 10.3 Å². The van der Waals surface area contributed by atoms with Gasteiger partial charge in [-0.1, -0.05) is 13.8 Å². The second-order valence-electron chi connectivity index (χ2n) is 3.65. The molecule has 0 amide bonds. The Kier molecular flexibility index (Phi) is 3.96. The molecule has 0 spiro atoms. The lowest BCUT2D eigenvalue weighted by atomic mass is 10.0. The van der Waals surface area contributed by atoms with E-state index in [4.69, 9.17) is 5.73 Å². The number of nitrogens with zero attached hydrogens (tertiary/aromatic N) is 2. The zero-order valence-electron chi connectivity index (χ0n) is 8.48. The van der Waals surface area contributed by atoms with E-state index >= 15 is 0 Å². The molecule has 1 aromatic heterocycles. The largest absolute Gasteiger partial charge is 0.334 e. The molecule has 3 nitrogen and oxygen atoms in total. The Morgan fingerprint density at radius 1 is 1.54 bits per heavy atom. The van der Waals surface area contributed by atoms with E-state index in [2.05, 4.69) is 23.4 Å². The Bertz CT molecular complexity index is 218. The van der Waals surface area contributed by atoms with Crippen molar-refractivity contribution in [3.63, 3.8) is 0 Å². The highest BCUT2D eigenvalue weighted by atomic mass is 15.0. The highest BCUT2D eigenvalue weighted by Gasteiger charge is 2.11. The van der Waals surface area contributed by atoms with Gasteiger partial charge in [0.1, 0.15) is 0 Å². The van der Waals surface area contributed by atoms with E-state index in [-0.39, 0.29) is 0 Å². The van der Waals surface area contributed by atoms with Crippen LogP contribution in [0.25, 0.3) is 0 Å². The molecule has 0 aliphatic heterocycles. The molecule has 2 unspecified atom stereocenters. The number of hydrogen-bond donors (Lipinski definition) is 1. The predicted molar refractivity (Wildman–Crippen MR) is 54.4 cm³/mol. The lowest BCUT2D eigenvalue weighted by Gasteiger charge is -2.19. The molecule has 1 rings (SSSR count). The zero-order valence-corrected chi connectivity index (χ0v) is 8.48. The minimum atomic E-state index is 0.557. The smallest absolute Gasteiger partial charge is 0.0948 e. The third-order valence-corrected chi connectivity index (χ3v) is 2.49. The zero-order chi connectivity index (χ0) is 9.68. The van der Waals surface area contributed by atoms with Gasteiger partial charge in [0.15, 0.2) is 0 Å². The first kappa shape index (κ1) is 10.3. The van der Waals surface area contributed by atoms with Gasteiger partial charge in [0.05, 0.1) is 6.33 Å². The summed E-state index contributed by atoms with van der Waals surface area (Å²) in [4.78, 5) is 4.06. The van der Waals surface area contributed by atoms with Gasteiger partial charge in [-0.05, 0) is 25.3 Å². The van der Waals surface area contributed by atoms with Crippen LogP contribution in [0.2, 0.25) is 0 Å².